The molecular formula is C12H13N2OPS. The molecule has 1 unspecified atom stereocenters. The lowest BCUT2D eigenvalue weighted by molar-refractivity contribution is -0.117. The Labute approximate surface area is 106 Å². The first-order valence-corrected chi connectivity index (χ1v) is 6.70. The number of aromatic nitrogens is 1. The van der Waals surface area contributed by atoms with Gasteiger partial charge in [0.2, 0.25) is 5.91 Å². The van der Waals surface area contributed by atoms with Gasteiger partial charge in [0.25, 0.3) is 0 Å². The van der Waals surface area contributed by atoms with E-state index in [1.54, 1.807) is 0 Å². The molecule has 0 bridgehead atoms. The van der Waals surface area contributed by atoms with Crippen LogP contribution in [0.2, 0.25) is 0 Å². The summed E-state index contributed by atoms with van der Waals surface area (Å²) < 4.78 is 1.87. The van der Waals surface area contributed by atoms with Crippen molar-refractivity contribution in [1.29, 1.82) is 0 Å². The second-order valence-corrected chi connectivity index (χ2v) is 4.85. The number of hydrogen-bond acceptors (Lipinski definition) is 2. The highest BCUT2D eigenvalue weighted by Gasteiger charge is 2.04. The molecule has 3 nitrogen and oxygen atoms in total. The van der Waals surface area contributed by atoms with E-state index in [-0.39, 0.29) is 5.91 Å². The van der Waals surface area contributed by atoms with E-state index in [0.29, 0.717) is 11.2 Å². The van der Waals surface area contributed by atoms with Gasteiger partial charge in [0.15, 0.2) is 4.80 Å². The van der Waals surface area contributed by atoms with Crippen LogP contribution in [0.3, 0.4) is 0 Å². The molecule has 2 aromatic rings. The van der Waals surface area contributed by atoms with E-state index < -0.39 is 0 Å². The highest BCUT2D eigenvalue weighted by atomic mass is 32.1. The van der Waals surface area contributed by atoms with Gasteiger partial charge in [0.1, 0.15) is 0 Å². The molecule has 1 aromatic heterocycles. The molecule has 1 atom stereocenters. The Morgan fingerprint density at radius 1 is 1.41 bits per heavy atom. The SMILES string of the molecule is CCC(=O)N=c1scc(-c2ccccc2)n1P. The molecule has 0 saturated carbocycles. The van der Waals surface area contributed by atoms with Gasteiger partial charge < -0.3 is 4.34 Å². The van der Waals surface area contributed by atoms with Crippen LogP contribution in [0, 0.1) is 0 Å². The van der Waals surface area contributed by atoms with E-state index in [1.165, 1.54) is 11.3 Å². The molecule has 0 aliphatic heterocycles. The van der Waals surface area contributed by atoms with Crippen molar-refractivity contribution in [2.24, 2.45) is 4.99 Å². The third-order valence-corrected chi connectivity index (χ3v) is 3.88. The van der Waals surface area contributed by atoms with Crippen LogP contribution in [-0.4, -0.2) is 10.2 Å². The number of carbonyl (C=O) groups excluding carboxylic acids is 1. The summed E-state index contributed by atoms with van der Waals surface area (Å²) in [7, 11) is 2.60. The summed E-state index contributed by atoms with van der Waals surface area (Å²) in [6.07, 6.45) is 0.434. The number of benzene rings is 1. The molecule has 1 amide bonds. The van der Waals surface area contributed by atoms with Crippen LogP contribution in [0.4, 0.5) is 0 Å². The minimum absolute atomic E-state index is 0.0948. The number of carbonyl (C=O) groups is 1. The molecule has 0 radical (unpaired) electrons. The van der Waals surface area contributed by atoms with Crippen molar-refractivity contribution in [2.75, 3.05) is 0 Å². The first-order chi connectivity index (χ1) is 8.22. The van der Waals surface area contributed by atoms with Gasteiger partial charge in [0, 0.05) is 11.8 Å². The zero-order chi connectivity index (χ0) is 12.3. The summed E-state index contributed by atoms with van der Waals surface area (Å²) in [5, 5.41) is 2.00. The van der Waals surface area contributed by atoms with Gasteiger partial charge in [0.05, 0.1) is 5.69 Å². The van der Waals surface area contributed by atoms with Gasteiger partial charge in [-0.15, -0.1) is 11.3 Å². The Balaban J connectivity index is 2.47. The molecule has 0 saturated heterocycles. The van der Waals surface area contributed by atoms with Crippen LogP contribution >= 0.6 is 20.7 Å². The fraction of sp³-hybridized carbons (Fsp3) is 0.167. The maximum atomic E-state index is 11.3. The summed E-state index contributed by atoms with van der Waals surface area (Å²) in [4.78, 5) is 16.1. The molecular weight excluding hydrogens is 251 g/mol. The number of hydrogen-bond donors (Lipinski definition) is 0. The van der Waals surface area contributed by atoms with Gasteiger partial charge in [-0.2, -0.15) is 4.99 Å². The zero-order valence-corrected chi connectivity index (χ0v) is 11.4. The molecule has 5 heteroatoms. The van der Waals surface area contributed by atoms with Crippen LogP contribution in [0.5, 0.6) is 0 Å². The molecule has 17 heavy (non-hydrogen) atoms. The van der Waals surface area contributed by atoms with Crippen molar-refractivity contribution in [3.8, 4) is 11.3 Å². The Kier molecular flexibility index (Phi) is 3.87. The smallest absolute Gasteiger partial charge is 0.248 e. The summed E-state index contributed by atoms with van der Waals surface area (Å²) >= 11 is 1.47. The molecule has 0 N–H and O–H groups in total. The molecule has 0 aliphatic carbocycles. The number of thiazole rings is 1. The van der Waals surface area contributed by atoms with Crippen LogP contribution in [0.15, 0.2) is 40.7 Å². The Bertz CT molecular complexity index is 586. The number of rotatable bonds is 2. The van der Waals surface area contributed by atoms with E-state index in [2.05, 4.69) is 14.4 Å². The summed E-state index contributed by atoms with van der Waals surface area (Å²) in [6, 6.07) is 10.0. The van der Waals surface area contributed by atoms with Crippen molar-refractivity contribution in [1.82, 2.24) is 4.34 Å². The molecule has 0 spiro atoms. The highest BCUT2D eigenvalue weighted by molar-refractivity contribution is 7.16. The first kappa shape index (κ1) is 12.2. The summed E-state index contributed by atoms with van der Waals surface area (Å²) in [6.45, 7) is 1.81. The van der Waals surface area contributed by atoms with Crippen LogP contribution in [0.25, 0.3) is 11.3 Å². The van der Waals surface area contributed by atoms with E-state index in [1.807, 2.05) is 47.0 Å². The first-order valence-electron chi connectivity index (χ1n) is 5.31. The van der Waals surface area contributed by atoms with Crippen molar-refractivity contribution in [3.63, 3.8) is 0 Å². The lowest BCUT2D eigenvalue weighted by Crippen LogP contribution is -2.09. The van der Waals surface area contributed by atoms with E-state index >= 15 is 0 Å². The third kappa shape index (κ3) is 2.71. The normalized spacial score (nSPS) is 11.8. The number of amides is 1. The minimum Gasteiger partial charge on any atom is -0.301 e. The largest absolute Gasteiger partial charge is 0.301 e. The molecule has 1 heterocycles. The average molecular weight is 264 g/mol. The lowest BCUT2D eigenvalue weighted by atomic mass is 10.2. The molecule has 88 valence electrons. The predicted octanol–water partition coefficient (Wildman–Crippen LogP) is 2.69. The third-order valence-electron chi connectivity index (χ3n) is 2.33. The van der Waals surface area contributed by atoms with Crippen LogP contribution in [0.1, 0.15) is 13.3 Å². The summed E-state index contributed by atoms with van der Waals surface area (Å²) in [5.41, 5.74) is 2.16. The standard InChI is InChI=1S/C12H13N2OPS/c1-2-11(15)13-12-14(16)10(8-17-12)9-6-4-3-5-7-9/h3-8H,2,16H2,1H3. The molecule has 0 fully saturated rings. The van der Waals surface area contributed by atoms with Gasteiger partial charge >= 0.3 is 0 Å². The monoisotopic (exact) mass is 264 g/mol. The van der Waals surface area contributed by atoms with Gasteiger partial charge in [-0.05, 0) is 15.0 Å². The Morgan fingerprint density at radius 2 is 2.12 bits per heavy atom. The Morgan fingerprint density at radius 3 is 2.76 bits per heavy atom. The quantitative estimate of drug-likeness (QED) is 0.768. The minimum atomic E-state index is -0.0948. The Hall–Kier alpha value is -1.25. The molecule has 0 aliphatic rings. The fourth-order valence-corrected chi connectivity index (χ4v) is 2.81. The maximum Gasteiger partial charge on any atom is 0.248 e. The topological polar surface area (TPSA) is 34.4 Å². The van der Waals surface area contributed by atoms with Crippen molar-refractivity contribution < 1.29 is 4.79 Å². The van der Waals surface area contributed by atoms with E-state index in [0.717, 1.165) is 11.3 Å². The highest BCUT2D eigenvalue weighted by Crippen LogP contribution is 2.20. The summed E-state index contributed by atoms with van der Waals surface area (Å²) in [5.74, 6) is -0.0948. The number of nitrogens with zero attached hydrogens (tertiary/aromatic N) is 2. The van der Waals surface area contributed by atoms with Crippen LogP contribution in [-0.2, 0) is 4.79 Å². The van der Waals surface area contributed by atoms with E-state index in [4.69, 9.17) is 0 Å². The van der Waals surface area contributed by atoms with E-state index in [9.17, 15) is 4.79 Å². The van der Waals surface area contributed by atoms with Crippen LogP contribution < -0.4 is 4.80 Å². The zero-order valence-electron chi connectivity index (χ0n) is 9.46. The fourth-order valence-electron chi connectivity index (χ4n) is 1.41. The second-order valence-electron chi connectivity index (χ2n) is 3.50. The van der Waals surface area contributed by atoms with Crippen molar-refractivity contribution in [3.05, 3.63) is 40.5 Å². The predicted molar refractivity (Wildman–Crippen MR) is 73.7 cm³/mol. The van der Waals surface area contributed by atoms with Gasteiger partial charge in [-0.3, -0.25) is 4.79 Å². The maximum absolute atomic E-state index is 11.3. The van der Waals surface area contributed by atoms with Crippen molar-refractivity contribution in [2.45, 2.75) is 13.3 Å². The average Bonchev–Trinajstić information content (AvgIpc) is 2.72. The molecule has 2 rings (SSSR count). The van der Waals surface area contributed by atoms with Gasteiger partial charge in [-0.1, -0.05) is 37.3 Å². The van der Waals surface area contributed by atoms with Crippen molar-refractivity contribution >= 4 is 26.6 Å². The molecule has 1 aromatic carbocycles. The lowest BCUT2D eigenvalue weighted by Gasteiger charge is -2.01. The van der Waals surface area contributed by atoms with Gasteiger partial charge in [-0.25, -0.2) is 0 Å². The second kappa shape index (κ2) is 5.39.